The molecule has 0 fully saturated rings. The van der Waals surface area contributed by atoms with Crippen LogP contribution in [0, 0.1) is 0 Å². The van der Waals surface area contributed by atoms with Gasteiger partial charge in [0, 0.05) is 0 Å². The summed E-state index contributed by atoms with van der Waals surface area (Å²) in [5, 5.41) is 1.43. The first-order valence-electron chi connectivity index (χ1n) is 4.35. The second-order valence-corrected chi connectivity index (χ2v) is 14.2. The fourth-order valence-corrected chi connectivity index (χ4v) is 13.2. The fourth-order valence-electron chi connectivity index (χ4n) is 0.985. The van der Waals surface area contributed by atoms with Crippen molar-refractivity contribution in [3.63, 3.8) is 0 Å². The van der Waals surface area contributed by atoms with E-state index in [1.165, 1.54) is 5.30 Å². The average Bonchev–Trinajstić information content (AvgIpc) is 2.03. The Morgan fingerprint density at radius 2 is 1.69 bits per heavy atom. The lowest BCUT2D eigenvalue weighted by molar-refractivity contribution is 1.78. The highest BCUT2D eigenvalue weighted by Gasteiger charge is 2.19. The summed E-state index contributed by atoms with van der Waals surface area (Å²) in [4.78, 5) is 0. The zero-order valence-corrected chi connectivity index (χ0v) is 12.3. The van der Waals surface area contributed by atoms with Crippen LogP contribution in [0.5, 0.6) is 0 Å². The predicted molar refractivity (Wildman–Crippen MR) is 76.4 cm³/mol. The number of rotatable bonds is 2. The van der Waals surface area contributed by atoms with Gasteiger partial charge in [-0.1, -0.05) is 37.8 Å². The van der Waals surface area contributed by atoms with E-state index >= 15 is 0 Å². The Kier molecular flexibility index (Phi) is 4.14. The molecular weight excluding hydrogens is 306 g/mol. The minimum Gasteiger partial charge on any atom is -0.0626 e. The van der Waals surface area contributed by atoms with Gasteiger partial charge in [0.25, 0.3) is 0 Å². The van der Waals surface area contributed by atoms with Crippen molar-refractivity contribution in [2.75, 3.05) is 0 Å². The second-order valence-electron chi connectivity index (χ2n) is 4.14. The normalized spacial score (nSPS) is 13.1. The summed E-state index contributed by atoms with van der Waals surface area (Å²) in [6, 6.07) is 10.8. The molecule has 0 aliphatic rings. The van der Waals surface area contributed by atoms with Crippen molar-refractivity contribution in [3.8, 4) is 0 Å². The lowest BCUT2D eigenvalue weighted by Crippen LogP contribution is -2.22. The van der Waals surface area contributed by atoms with Crippen molar-refractivity contribution in [1.29, 1.82) is 0 Å². The molecule has 0 amide bonds. The van der Waals surface area contributed by atoms with E-state index in [9.17, 15) is 0 Å². The molecule has 0 heterocycles. The van der Waals surface area contributed by atoms with Gasteiger partial charge in [-0.3, -0.25) is 0 Å². The summed E-state index contributed by atoms with van der Waals surface area (Å²) >= 11 is 2.58. The molecule has 0 saturated carbocycles. The molecule has 0 saturated heterocycles. The standard InChI is InChI=1S/C10H15IPSi/c1-13(2,3)9-12(11)10-7-5-4-6-8-10/h4-9H,1-3H3/q+1. The van der Waals surface area contributed by atoms with E-state index in [1.807, 2.05) is 0 Å². The maximum atomic E-state index is 2.58. The molecule has 0 spiro atoms. The van der Waals surface area contributed by atoms with E-state index < -0.39 is 8.07 Å². The van der Waals surface area contributed by atoms with Gasteiger partial charge in [-0.2, -0.15) is 0 Å². The minimum atomic E-state index is -1.01. The summed E-state index contributed by atoms with van der Waals surface area (Å²) in [6.07, 6.45) is 0. The number of benzene rings is 1. The van der Waals surface area contributed by atoms with Gasteiger partial charge < -0.3 is 0 Å². The van der Waals surface area contributed by atoms with Gasteiger partial charge in [0.2, 0.25) is 22.0 Å². The van der Waals surface area contributed by atoms with E-state index in [1.54, 1.807) is 0 Å². The van der Waals surface area contributed by atoms with E-state index in [4.69, 9.17) is 0 Å². The molecule has 0 aliphatic carbocycles. The molecule has 0 aliphatic heterocycles. The van der Waals surface area contributed by atoms with Gasteiger partial charge in [0.15, 0.2) is 10.5 Å². The topological polar surface area (TPSA) is 0 Å². The minimum absolute atomic E-state index is 0.0570. The van der Waals surface area contributed by atoms with Crippen LogP contribution in [0.4, 0.5) is 0 Å². The summed E-state index contributed by atoms with van der Waals surface area (Å²) in [5.41, 5.74) is 2.58. The van der Waals surface area contributed by atoms with Crippen molar-refractivity contribution >= 4 is 46.0 Å². The third kappa shape index (κ3) is 4.39. The van der Waals surface area contributed by atoms with Gasteiger partial charge in [-0.15, -0.1) is 0 Å². The van der Waals surface area contributed by atoms with Crippen molar-refractivity contribution < 1.29 is 0 Å². The SMILES string of the molecule is C[Si](C)(C)C=[P+](I)c1ccccc1. The van der Waals surface area contributed by atoms with Crippen LogP contribution in [-0.4, -0.2) is 13.5 Å². The highest BCUT2D eigenvalue weighted by molar-refractivity contribution is 14.2. The monoisotopic (exact) mass is 321 g/mol. The molecule has 0 N–H and O–H groups in total. The van der Waals surface area contributed by atoms with Crippen molar-refractivity contribution in [2.45, 2.75) is 19.6 Å². The van der Waals surface area contributed by atoms with Crippen molar-refractivity contribution in [2.24, 2.45) is 0 Å². The van der Waals surface area contributed by atoms with Crippen LogP contribution in [0.25, 0.3) is 0 Å². The highest BCUT2D eigenvalue weighted by Crippen LogP contribution is 2.32. The molecule has 1 atom stereocenters. The predicted octanol–water partition coefficient (Wildman–Crippen LogP) is 3.82. The molecule has 0 aromatic heterocycles. The van der Waals surface area contributed by atoms with Gasteiger partial charge in [-0.25, -0.2) is 0 Å². The van der Waals surface area contributed by atoms with Crippen LogP contribution >= 0.6 is 27.2 Å². The smallest absolute Gasteiger partial charge is 0.0626 e. The third-order valence-electron chi connectivity index (χ3n) is 1.50. The molecule has 1 aromatic rings. The molecule has 0 bridgehead atoms. The molecule has 1 aromatic carbocycles. The maximum absolute atomic E-state index is 2.58. The van der Waals surface area contributed by atoms with Crippen molar-refractivity contribution in [3.05, 3.63) is 30.3 Å². The number of hydrogen-bond acceptors (Lipinski definition) is 0. The average molecular weight is 321 g/mol. The first kappa shape index (κ1) is 11.4. The molecule has 3 heteroatoms. The van der Waals surface area contributed by atoms with Crippen LogP contribution in [0.3, 0.4) is 0 Å². The van der Waals surface area contributed by atoms with Gasteiger partial charge in [0.1, 0.15) is 8.07 Å². The van der Waals surface area contributed by atoms with E-state index in [-0.39, 0.29) is 5.19 Å². The summed E-state index contributed by atoms with van der Waals surface area (Å²) < 4.78 is 0. The van der Waals surface area contributed by atoms with E-state index in [0.717, 1.165) is 0 Å². The Labute approximate surface area is 95.6 Å². The molecule has 70 valence electrons. The fraction of sp³-hybridized carbons (Fsp3) is 0.300. The molecule has 0 radical (unpaired) electrons. The second kappa shape index (κ2) is 4.72. The largest absolute Gasteiger partial charge is 0.234 e. The first-order chi connectivity index (χ1) is 5.99. The Balaban J connectivity index is 2.92. The zero-order chi connectivity index (χ0) is 9.90. The van der Waals surface area contributed by atoms with Crippen LogP contribution in [-0.2, 0) is 0 Å². The van der Waals surface area contributed by atoms with E-state index in [0.29, 0.717) is 0 Å². The Hall–Kier alpha value is 0.337. The number of halogens is 1. The third-order valence-corrected chi connectivity index (χ3v) is 10.5. The highest BCUT2D eigenvalue weighted by atomic mass is 127. The Morgan fingerprint density at radius 3 is 2.15 bits per heavy atom. The quantitative estimate of drug-likeness (QED) is 0.441. The van der Waals surface area contributed by atoms with Crippen LogP contribution in [0.2, 0.25) is 19.6 Å². The lowest BCUT2D eigenvalue weighted by atomic mass is 10.4. The molecule has 1 rings (SSSR count). The van der Waals surface area contributed by atoms with Crippen molar-refractivity contribution in [1.82, 2.24) is 0 Å². The van der Waals surface area contributed by atoms with Crippen LogP contribution in [0.1, 0.15) is 0 Å². The summed E-state index contributed by atoms with van der Waals surface area (Å²) in [5.74, 6) is 0. The Morgan fingerprint density at radius 1 is 1.15 bits per heavy atom. The molecular formula is C10H15IPSi+. The zero-order valence-electron chi connectivity index (χ0n) is 8.29. The lowest BCUT2D eigenvalue weighted by Gasteiger charge is -2.03. The van der Waals surface area contributed by atoms with Gasteiger partial charge in [0.05, 0.1) is 5.42 Å². The molecule has 1 unspecified atom stereocenters. The van der Waals surface area contributed by atoms with Crippen LogP contribution < -0.4 is 5.30 Å². The molecule has 0 nitrogen and oxygen atoms in total. The van der Waals surface area contributed by atoms with E-state index in [2.05, 4.69) is 77.4 Å². The summed E-state index contributed by atoms with van der Waals surface area (Å²) in [6.45, 7) is 7.18. The van der Waals surface area contributed by atoms with Gasteiger partial charge >= 0.3 is 0 Å². The van der Waals surface area contributed by atoms with Crippen LogP contribution in [0.15, 0.2) is 30.3 Å². The number of hydrogen-bond donors (Lipinski definition) is 0. The maximum Gasteiger partial charge on any atom is 0.234 e. The van der Waals surface area contributed by atoms with Gasteiger partial charge in [-0.05, 0) is 12.1 Å². The summed E-state index contributed by atoms with van der Waals surface area (Å²) in [7, 11) is -1.01. The Bertz CT molecular complexity index is 300. The first-order valence-corrected chi connectivity index (χ1v) is 12.1. The molecule has 13 heavy (non-hydrogen) atoms.